The summed E-state index contributed by atoms with van der Waals surface area (Å²) in [7, 11) is 0. The van der Waals surface area contributed by atoms with Crippen LogP contribution in [0.2, 0.25) is 0 Å². The molecule has 2 heterocycles. The third kappa shape index (κ3) is 7.46. The van der Waals surface area contributed by atoms with Gasteiger partial charge in [0.25, 0.3) is 0 Å². The Morgan fingerprint density at radius 3 is 2.47 bits per heavy atom. The molecule has 36 heavy (non-hydrogen) atoms. The number of hydrogen-bond acceptors (Lipinski definition) is 4. The molecule has 1 aliphatic carbocycles. The molecule has 0 bridgehead atoms. The Kier molecular flexibility index (Phi) is 10.6. The van der Waals surface area contributed by atoms with Crippen molar-refractivity contribution in [3.63, 3.8) is 0 Å². The molecule has 0 saturated carbocycles. The first-order valence-electron chi connectivity index (χ1n) is 13.4. The van der Waals surface area contributed by atoms with E-state index in [2.05, 4.69) is 35.7 Å². The van der Waals surface area contributed by atoms with E-state index >= 15 is 8.78 Å². The van der Waals surface area contributed by atoms with E-state index in [1.807, 2.05) is 0 Å². The zero-order valence-corrected chi connectivity index (χ0v) is 21.7. The maximum atomic E-state index is 15.2. The number of aromatic nitrogens is 3. The molecule has 2 aromatic rings. The van der Waals surface area contributed by atoms with Crippen LogP contribution in [0.1, 0.15) is 95.2 Å². The molecule has 0 spiro atoms. The van der Waals surface area contributed by atoms with Gasteiger partial charge in [-0.25, -0.2) is 19.3 Å². The van der Waals surface area contributed by atoms with Crippen molar-refractivity contribution in [2.75, 3.05) is 6.61 Å². The summed E-state index contributed by atoms with van der Waals surface area (Å²) in [5.74, 6) is -4.14. The van der Waals surface area contributed by atoms with Crippen molar-refractivity contribution in [2.45, 2.75) is 110 Å². The second kappa shape index (κ2) is 13.5. The number of fused-ring (bicyclic) bond motifs is 1. The standard InChI is InChI=1S/C28H39F4N3O/c1-4-6-8-9-11-22(29)18-36-24-13-12-21-15-23(35-26(30)25(21)28(24,31)32)27-33-16-20(17-34-27)14-19(3)10-7-5-2/h15-17,19,22,24H,4-14,18H2,1-3H3. The van der Waals surface area contributed by atoms with Crippen LogP contribution in [0.15, 0.2) is 18.5 Å². The number of nitrogens with zero attached hydrogens (tertiary/aromatic N) is 3. The van der Waals surface area contributed by atoms with Crippen LogP contribution < -0.4 is 0 Å². The second-order valence-corrected chi connectivity index (χ2v) is 10.1. The highest BCUT2D eigenvalue weighted by atomic mass is 19.3. The lowest BCUT2D eigenvalue weighted by Gasteiger charge is -2.33. The summed E-state index contributed by atoms with van der Waals surface area (Å²) >= 11 is 0. The van der Waals surface area contributed by atoms with Crippen LogP contribution in [-0.4, -0.2) is 33.8 Å². The molecular formula is C28H39F4N3O. The number of halogens is 4. The lowest BCUT2D eigenvalue weighted by molar-refractivity contribution is -0.160. The van der Waals surface area contributed by atoms with Crippen LogP contribution in [-0.2, 0) is 23.5 Å². The molecule has 3 unspecified atom stereocenters. The number of alkyl halides is 3. The average Bonchev–Trinajstić information content (AvgIpc) is 2.84. The van der Waals surface area contributed by atoms with E-state index in [9.17, 15) is 8.78 Å². The predicted molar refractivity (Wildman–Crippen MR) is 133 cm³/mol. The van der Waals surface area contributed by atoms with Crippen LogP contribution in [0.25, 0.3) is 11.5 Å². The number of rotatable bonds is 14. The Balaban J connectivity index is 1.66. The quantitative estimate of drug-likeness (QED) is 0.148. The van der Waals surface area contributed by atoms with Gasteiger partial charge in [-0.1, -0.05) is 65.7 Å². The fraction of sp³-hybridized carbons (Fsp3) is 0.679. The van der Waals surface area contributed by atoms with Crippen molar-refractivity contribution in [1.29, 1.82) is 0 Å². The van der Waals surface area contributed by atoms with E-state index in [-0.39, 0.29) is 36.3 Å². The van der Waals surface area contributed by atoms with Crippen molar-refractivity contribution < 1.29 is 22.3 Å². The summed E-state index contributed by atoms with van der Waals surface area (Å²) in [5, 5.41) is 0. The fourth-order valence-electron chi connectivity index (χ4n) is 4.79. The summed E-state index contributed by atoms with van der Waals surface area (Å²) in [6.07, 6.45) is 8.90. The zero-order chi connectivity index (χ0) is 26.1. The smallest absolute Gasteiger partial charge is 0.303 e. The monoisotopic (exact) mass is 509 g/mol. The van der Waals surface area contributed by atoms with E-state index in [1.165, 1.54) is 12.5 Å². The van der Waals surface area contributed by atoms with E-state index in [1.54, 1.807) is 12.4 Å². The normalized spacial score (nSPS) is 18.6. The highest BCUT2D eigenvalue weighted by molar-refractivity contribution is 5.53. The molecule has 0 aliphatic heterocycles. The van der Waals surface area contributed by atoms with Gasteiger partial charge in [-0.05, 0) is 48.8 Å². The van der Waals surface area contributed by atoms with Crippen LogP contribution in [0.4, 0.5) is 17.6 Å². The average molecular weight is 510 g/mol. The highest BCUT2D eigenvalue weighted by Crippen LogP contribution is 2.43. The van der Waals surface area contributed by atoms with Crippen molar-refractivity contribution >= 4 is 0 Å². The molecule has 1 aliphatic rings. The maximum absolute atomic E-state index is 15.2. The number of hydrogen-bond donors (Lipinski definition) is 0. The summed E-state index contributed by atoms with van der Waals surface area (Å²) in [6, 6.07) is 1.44. The Hall–Kier alpha value is -2.09. The molecule has 0 aromatic carbocycles. The van der Waals surface area contributed by atoms with E-state index in [4.69, 9.17) is 4.74 Å². The maximum Gasteiger partial charge on any atom is 0.303 e. The minimum atomic E-state index is -3.59. The Morgan fingerprint density at radius 2 is 1.78 bits per heavy atom. The van der Waals surface area contributed by atoms with Crippen molar-refractivity contribution in [2.24, 2.45) is 5.92 Å². The van der Waals surface area contributed by atoms with E-state index in [0.717, 1.165) is 44.1 Å². The number of unbranched alkanes of at least 4 members (excludes halogenated alkanes) is 4. The van der Waals surface area contributed by atoms with Gasteiger partial charge in [-0.3, -0.25) is 0 Å². The van der Waals surface area contributed by atoms with Gasteiger partial charge in [-0.15, -0.1) is 0 Å². The first kappa shape index (κ1) is 28.5. The molecular weight excluding hydrogens is 470 g/mol. The second-order valence-electron chi connectivity index (χ2n) is 10.1. The Bertz CT molecular complexity index is 955. The van der Waals surface area contributed by atoms with E-state index in [0.29, 0.717) is 12.3 Å². The fourth-order valence-corrected chi connectivity index (χ4v) is 4.79. The molecule has 0 saturated heterocycles. The topological polar surface area (TPSA) is 47.9 Å². The summed E-state index contributed by atoms with van der Waals surface area (Å²) < 4.78 is 64.6. The van der Waals surface area contributed by atoms with Gasteiger partial charge < -0.3 is 4.74 Å². The van der Waals surface area contributed by atoms with Crippen LogP contribution in [0.5, 0.6) is 0 Å². The molecule has 0 fully saturated rings. The van der Waals surface area contributed by atoms with Gasteiger partial charge in [-0.2, -0.15) is 13.2 Å². The lowest BCUT2D eigenvalue weighted by Crippen LogP contribution is -2.40. The van der Waals surface area contributed by atoms with Gasteiger partial charge in [0.05, 0.1) is 12.2 Å². The first-order chi connectivity index (χ1) is 17.3. The molecule has 8 heteroatoms. The minimum absolute atomic E-state index is 0.0269. The number of pyridine rings is 1. The minimum Gasteiger partial charge on any atom is -0.369 e. The number of ether oxygens (including phenoxy) is 1. The molecule has 2 aromatic heterocycles. The van der Waals surface area contributed by atoms with Gasteiger partial charge in [0.15, 0.2) is 5.82 Å². The molecule has 0 amide bonds. The molecule has 200 valence electrons. The van der Waals surface area contributed by atoms with Crippen LogP contribution >= 0.6 is 0 Å². The third-order valence-corrected chi connectivity index (χ3v) is 6.89. The summed E-state index contributed by atoms with van der Waals surface area (Å²) in [6.45, 7) is 6.00. The molecule has 3 rings (SSSR count). The predicted octanol–water partition coefficient (Wildman–Crippen LogP) is 7.78. The lowest BCUT2D eigenvalue weighted by atomic mass is 9.87. The molecule has 0 N–H and O–H groups in total. The molecule has 4 nitrogen and oxygen atoms in total. The zero-order valence-electron chi connectivity index (χ0n) is 21.7. The summed E-state index contributed by atoms with van der Waals surface area (Å²) in [5.41, 5.74) is 0.508. The highest BCUT2D eigenvalue weighted by Gasteiger charge is 2.49. The van der Waals surface area contributed by atoms with E-state index < -0.39 is 36.3 Å². The van der Waals surface area contributed by atoms with Crippen molar-refractivity contribution in [3.8, 4) is 11.5 Å². The number of aryl methyl sites for hydroxylation is 1. The molecule has 0 radical (unpaired) electrons. The largest absolute Gasteiger partial charge is 0.369 e. The molecule has 3 atom stereocenters. The van der Waals surface area contributed by atoms with Crippen molar-refractivity contribution in [1.82, 2.24) is 15.0 Å². The van der Waals surface area contributed by atoms with Crippen molar-refractivity contribution in [3.05, 3.63) is 41.1 Å². The first-order valence-corrected chi connectivity index (χ1v) is 13.4. The van der Waals surface area contributed by atoms with Gasteiger partial charge >= 0.3 is 5.92 Å². The Labute approximate surface area is 212 Å². The van der Waals surface area contributed by atoms with Crippen LogP contribution in [0, 0.1) is 11.9 Å². The van der Waals surface area contributed by atoms with Gasteiger partial charge in [0, 0.05) is 12.4 Å². The van der Waals surface area contributed by atoms with Gasteiger partial charge in [0.2, 0.25) is 5.95 Å². The van der Waals surface area contributed by atoms with Crippen LogP contribution in [0.3, 0.4) is 0 Å². The Morgan fingerprint density at radius 1 is 1.06 bits per heavy atom. The van der Waals surface area contributed by atoms with Gasteiger partial charge in [0.1, 0.15) is 18.0 Å². The SMILES string of the molecule is CCCCCCC(F)COC1CCc2cc(-c3ncc(CC(C)CCCC)cn3)nc(F)c2C1(F)F. The third-order valence-electron chi connectivity index (χ3n) is 6.89. The summed E-state index contributed by atoms with van der Waals surface area (Å²) in [4.78, 5) is 12.4.